The summed E-state index contributed by atoms with van der Waals surface area (Å²) in [6.07, 6.45) is 4.62. The number of pyridine rings is 1. The van der Waals surface area contributed by atoms with Gasteiger partial charge in [-0.3, -0.25) is 19.3 Å². The molecule has 1 aliphatic rings. The third-order valence-corrected chi connectivity index (χ3v) is 4.71. The Hall–Kier alpha value is -2.41. The Morgan fingerprint density at radius 3 is 2.88 bits per heavy atom. The normalized spacial score (nSPS) is 16.8. The molecule has 3 heterocycles. The number of carbonyl (C=O) groups excluding carboxylic acids is 2. The van der Waals surface area contributed by atoms with Crippen LogP contribution in [-0.2, 0) is 18.4 Å². The number of amides is 2. The number of aromatic nitrogens is 3. The molecule has 0 spiro atoms. The van der Waals surface area contributed by atoms with E-state index >= 15 is 0 Å². The topological polar surface area (TPSA) is 80.1 Å². The van der Waals surface area contributed by atoms with Crippen LogP contribution in [-0.4, -0.2) is 44.1 Å². The Kier molecular flexibility index (Phi) is 5.03. The van der Waals surface area contributed by atoms with Gasteiger partial charge in [0.25, 0.3) is 5.91 Å². The second-order valence-corrected chi connectivity index (χ2v) is 6.60. The minimum absolute atomic E-state index is 0.0215. The van der Waals surface area contributed by atoms with Crippen molar-refractivity contribution in [1.29, 1.82) is 0 Å². The van der Waals surface area contributed by atoms with Crippen LogP contribution in [0.15, 0.2) is 24.5 Å². The molecule has 7 nitrogen and oxygen atoms in total. The lowest BCUT2D eigenvalue weighted by molar-refractivity contribution is -0.119. The molecule has 0 aromatic carbocycles. The smallest absolute Gasteiger partial charge is 0.274 e. The summed E-state index contributed by atoms with van der Waals surface area (Å²) in [5.41, 5.74) is 1.88. The van der Waals surface area contributed by atoms with E-state index in [0.717, 1.165) is 5.56 Å². The van der Waals surface area contributed by atoms with Gasteiger partial charge in [-0.15, -0.1) is 0 Å². The fourth-order valence-electron chi connectivity index (χ4n) is 3.03. The van der Waals surface area contributed by atoms with Gasteiger partial charge in [0.1, 0.15) is 5.69 Å². The zero-order chi connectivity index (χ0) is 18.0. The van der Waals surface area contributed by atoms with Crippen molar-refractivity contribution >= 4 is 23.4 Å². The van der Waals surface area contributed by atoms with Crippen molar-refractivity contribution in [3.05, 3.63) is 46.5 Å². The summed E-state index contributed by atoms with van der Waals surface area (Å²) < 4.78 is 1.50. The van der Waals surface area contributed by atoms with Gasteiger partial charge in [0.05, 0.1) is 10.7 Å². The van der Waals surface area contributed by atoms with E-state index in [-0.39, 0.29) is 17.9 Å². The maximum Gasteiger partial charge on any atom is 0.274 e. The van der Waals surface area contributed by atoms with Gasteiger partial charge in [-0.25, -0.2) is 0 Å². The predicted molar refractivity (Wildman–Crippen MR) is 93.1 cm³/mol. The van der Waals surface area contributed by atoms with Crippen LogP contribution >= 0.6 is 11.6 Å². The second kappa shape index (κ2) is 7.23. The van der Waals surface area contributed by atoms with E-state index in [0.29, 0.717) is 42.3 Å². The van der Waals surface area contributed by atoms with Crippen LogP contribution in [0, 0.1) is 6.92 Å². The number of hydrogen-bond donors (Lipinski definition) is 1. The summed E-state index contributed by atoms with van der Waals surface area (Å²) in [6, 6.07) is 3.69. The van der Waals surface area contributed by atoms with Crippen molar-refractivity contribution in [2.45, 2.75) is 32.4 Å². The molecule has 1 fully saturated rings. The van der Waals surface area contributed by atoms with Crippen molar-refractivity contribution in [1.82, 2.24) is 25.0 Å². The molecule has 25 heavy (non-hydrogen) atoms. The Balaban J connectivity index is 1.86. The zero-order valence-electron chi connectivity index (χ0n) is 14.2. The van der Waals surface area contributed by atoms with Crippen LogP contribution in [0.1, 0.15) is 34.6 Å². The van der Waals surface area contributed by atoms with Gasteiger partial charge >= 0.3 is 0 Å². The molecule has 132 valence electrons. The molecule has 1 saturated heterocycles. The fourth-order valence-corrected chi connectivity index (χ4v) is 3.27. The molecule has 0 saturated carbocycles. The number of aryl methyl sites for hydroxylation is 2. The summed E-state index contributed by atoms with van der Waals surface area (Å²) in [6.45, 7) is 2.57. The molecule has 1 atom stereocenters. The van der Waals surface area contributed by atoms with Crippen LogP contribution in [0.3, 0.4) is 0 Å². The molecular formula is C17H20ClN5O2. The molecule has 1 N–H and O–H groups in total. The standard InChI is InChI=1S/C17H20ClN5O2/c1-11-15(18)16(22(2)21-11)17(25)23(9-12-4-3-7-19-8-12)10-13-5-6-14(24)20-13/h3-4,7-8,13H,5-6,9-10H2,1-2H3,(H,20,24)/t13-/m0/s1. The fraction of sp³-hybridized carbons (Fsp3) is 0.412. The predicted octanol–water partition coefficient (Wildman–Crippen LogP) is 1.70. The van der Waals surface area contributed by atoms with Crippen LogP contribution in [0.25, 0.3) is 0 Å². The van der Waals surface area contributed by atoms with Gasteiger partial charge in [0.15, 0.2) is 0 Å². The first kappa shape index (κ1) is 17.4. The third kappa shape index (κ3) is 3.82. The van der Waals surface area contributed by atoms with Crippen molar-refractivity contribution in [2.75, 3.05) is 6.54 Å². The third-order valence-electron chi connectivity index (χ3n) is 4.26. The molecule has 8 heteroatoms. The van der Waals surface area contributed by atoms with Crippen molar-refractivity contribution < 1.29 is 9.59 Å². The van der Waals surface area contributed by atoms with Gasteiger partial charge < -0.3 is 10.2 Å². The lowest BCUT2D eigenvalue weighted by Gasteiger charge is -2.26. The highest BCUT2D eigenvalue weighted by Crippen LogP contribution is 2.22. The first-order valence-corrected chi connectivity index (χ1v) is 8.50. The number of hydrogen-bond acceptors (Lipinski definition) is 4. The maximum absolute atomic E-state index is 13.1. The minimum atomic E-state index is -0.210. The Morgan fingerprint density at radius 1 is 1.52 bits per heavy atom. The molecule has 0 bridgehead atoms. The van der Waals surface area contributed by atoms with Crippen LogP contribution in [0.4, 0.5) is 0 Å². The average molecular weight is 362 g/mol. The number of halogens is 1. The molecule has 1 aliphatic heterocycles. The van der Waals surface area contributed by atoms with E-state index in [4.69, 9.17) is 11.6 Å². The van der Waals surface area contributed by atoms with Crippen LogP contribution in [0.2, 0.25) is 5.02 Å². The zero-order valence-corrected chi connectivity index (χ0v) is 15.0. The summed E-state index contributed by atoms with van der Waals surface area (Å²) in [5.74, 6) is -0.189. The molecule has 3 rings (SSSR count). The van der Waals surface area contributed by atoms with E-state index < -0.39 is 0 Å². The highest BCUT2D eigenvalue weighted by atomic mass is 35.5. The first-order chi connectivity index (χ1) is 12.0. The van der Waals surface area contributed by atoms with Crippen LogP contribution < -0.4 is 5.32 Å². The Bertz CT molecular complexity index is 790. The van der Waals surface area contributed by atoms with E-state index in [2.05, 4.69) is 15.4 Å². The Morgan fingerprint density at radius 2 is 2.32 bits per heavy atom. The minimum Gasteiger partial charge on any atom is -0.352 e. The monoisotopic (exact) mass is 361 g/mol. The lowest BCUT2D eigenvalue weighted by atomic mass is 10.1. The van der Waals surface area contributed by atoms with Gasteiger partial charge in [-0.2, -0.15) is 5.10 Å². The summed E-state index contributed by atoms with van der Waals surface area (Å²) in [5, 5.41) is 7.49. The van der Waals surface area contributed by atoms with Crippen molar-refractivity contribution in [3.63, 3.8) is 0 Å². The summed E-state index contributed by atoms with van der Waals surface area (Å²) in [4.78, 5) is 30.4. The van der Waals surface area contributed by atoms with E-state index in [9.17, 15) is 9.59 Å². The number of rotatable bonds is 5. The molecule has 2 amide bonds. The van der Waals surface area contributed by atoms with Crippen LogP contribution in [0.5, 0.6) is 0 Å². The SMILES string of the molecule is Cc1nn(C)c(C(=O)N(Cc2cccnc2)C[C@@H]2CCC(=O)N2)c1Cl. The van der Waals surface area contributed by atoms with Gasteiger partial charge in [0.2, 0.25) is 5.91 Å². The van der Waals surface area contributed by atoms with E-state index in [1.807, 2.05) is 12.1 Å². The van der Waals surface area contributed by atoms with Crippen molar-refractivity contribution in [2.24, 2.45) is 7.05 Å². The maximum atomic E-state index is 13.1. The Labute approximate surface area is 151 Å². The highest BCUT2D eigenvalue weighted by molar-refractivity contribution is 6.34. The summed E-state index contributed by atoms with van der Waals surface area (Å²) in [7, 11) is 1.70. The van der Waals surface area contributed by atoms with Gasteiger partial charge in [0, 0.05) is 45.0 Å². The molecular weight excluding hydrogens is 342 g/mol. The lowest BCUT2D eigenvalue weighted by Crippen LogP contribution is -2.42. The summed E-state index contributed by atoms with van der Waals surface area (Å²) >= 11 is 6.28. The number of nitrogens with one attached hydrogen (secondary N) is 1. The quantitative estimate of drug-likeness (QED) is 0.879. The first-order valence-electron chi connectivity index (χ1n) is 8.12. The number of carbonyl (C=O) groups is 2. The van der Waals surface area contributed by atoms with E-state index in [1.54, 1.807) is 31.3 Å². The highest BCUT2D eigenvalue weighted by Gasteiger charge is 2.29. The molecule has 2 aromatic heterocycles. The molecule has 0 unspecified atom stereocenters. The van der Waals surface area contributed by atoms with Gasteiger partial charge in [-0.1, -0.05) is 17.7 Å². The molecule has 0 radical (unpaired) electrons. The number of nitrogens with zero attached hydrogens (tertiary/aromatic N) is 4. The average Bonchev–Trinajstić information content (AvgIpc) is 3.10. The molecule has 0 aliphatic carbocycles. The second-order valence-electron chi connectivity index (χ2n) is 6.22. The largest absolute Gasteiger partial charge is 0.352 e. The van der Waals surface area contributed by atoms with Gasteiger partial charge in [-0.05, 0) is 25.0 Å². The van der Waals surface area contributed by atoms with Crippen molar-refractivity contribution in [3.8, 4) is 0 Å². The van der Waals surface area contributed by atoms with E-state index in [1.165, 1.54) is 4.68 Å². The molecule has 2 aromatic rings.